The summed E-state index contributed by atoms with van der Waals surface area (Å²) in [5.41, 5.74) is 0.919. The highest BCUT2D eigenvalue weighted by Gasteiger charge is 2.41. The molecule has 3 aromatic rings. The summed E-state index contributed by atoms with van der Waals surface area (Å²) < 4.78 is 29.5. The van der Waals surface area contributed by atoms with Crippen molar-refractivity contribution in [2.24, 2.45) is 0 Å². The van der Waals surface area contributed by atoms with Gasteiger partial charge in [-0.05, 0) is 42.0 Å². The fraction of sp³-hybridized carbons (Fsp3) is 0.130. The average molecular weight is 439 g/mol. The lowest BCUT2D eigenvalue weighted by molar-refractivity contribution is -0.119. The number of amides is 2. The maximum absolute atomic E-state index is 13.5. The molecular formula is C23H18FNO5S. The van der Waals surface area contributed by atoms with Crippen molar-refractivity contribution >= 4 is 34.8 Å². The highest BCUT2D eigenvalue weighted by Crippen LogP contribution is 2.43. The number of rotatable bonds is 7. The number of ether oxygens (including phenoxy) is 2. The maximum Gasteiger partial charge on any atom is 0.272 e. The molecule has 8 heteroatoms. The summed E-state index contributed by atoms with van der Waals surface area (Å²) in [4.78, 5) is 28.2. The number of nitrogens with zero attached hydrogens (tertiary/aromatic N) is 1. The molecule has 0 radical (unpaired) electrons. The normalized spacial score (nSPS) is 13.8. The van der Waals surface area contributed by atoms with Crippen LogP contribution < -0.4 is 14.4 Å². The Morgan fingerprint density at radius 1 is 1.00 bits per heavy atom. The first kappa shape index (κ1) is 20.7. The third-order valence-electron chi connectivity index (χ3n) is 4.74. The Kier molecular flexibility index (Phi) is 5.81. The molecule has 1 aromatic heterocycles. The predicted octanol–water partition coefficient (Wildman–Crippen LogP) is 4.65. The topological polar surface area (TPSA) is 69.0 Å². The molecule has 0 saturated carbocycles. The largest absolute Gasteiger partial charge is 0.497 e. The van der Waals surface area contributed by atoms with Crippen molar-refractivity contribution in [1.82, 2.24) is 0 Å². The van der Waals surface area contributed by atoms with Crippen molar-refractivity contribution in [1.29, 1.82) is 0 Å². The van der Waals surface area contributed by atoms with Crippen LogP contribution in [-0.4, -0.2) is 26.0 Å². The number of halogens is 1. The Labute approximate surface area is 182 Å². The van der Waals surface area contributed by atoms with Crippen molar-refractivity contribution in [3.63, 3.8) is 0 Å². The monoisotopic (exact) mass is 439 g/mol. The molecule has 0 N–H and O–H groups in total. The Morgan fingerprint density at radius 2 is 1.77 bits per heavy atom. The Hall–Kier alpha value is -3.52. The predicted molar refractivity (Wildman–Crippen MR) is 115 cm³/mol. The minimum atomic E-state index is -0.523. The molecule has 0 saturated heterocycles. The van der Waals surface area contributed by atoms with Crippen molar-refractivity contribution in [3.05, 3.63) is 82.9 Å². The van der Waals surface area contributed by atoms with E-state index in [1.807, 2.05) is 0 Å². The molecule has 0 unspecified atom stereocenters. The number of methoxy groups -OCH3 is 2. The molecule has 0 atom stereocenters. The van der Waals surface area contributed by atoms with Gasteiger partial charge in [-0.2, -0.15) is 0 Å². The van der Waals surface area contributed by atoms with Crippen molar-refractivity contribution < 1.29 is 27.9 Å². The van der Waals surface area contributed by atoms with Crippen LogP contribution in [0.15, 0.2) is 70.2 Å². The van der Waals surface area contributed by atoms with E-state index in [9.17, 15) is 14.0 Å². The van der Waals surface area contributed by atoms with E-state index >= 15 is 0 Å². The van der Waals surface area contributed by atoms with Gasteiger partial charge in [-0.25, -0.2) is 9.29 Å². The second-order valence-electron chi connectivity index (χ2n) is 6.56. The van der Waals surface area contributed by atoms with Gasteiger partial charge in [0.25, 0.3) is 11.8 Å². The minimum Gasteiger partial charge on any atom is -0.497 e. The minimum absolute atomic E-state index is 0.200. The van der Waals surface area contributed by atoms with E-state index in [0.717, 1.165) is 4.90 Å². The van der Waals surface area contributed by atoms with Crippen LogP contribution in [0.2, 0.25) is 0 Å². The molecule has 6 nitrogen and oxygen atoms in total. The van der Waals surface area contributed by atoms with E-state index < -0.39 is 17.6 Å². The molecule has 0 spiro atoms. The Balaban J connectivity index is 1.79. The van der Waals surface area contributed by atoms with Gasteiger partial charge in [0.1, 0.15) is 23.1 Å². The number of benzene rings is 2. The van der Waals surface area contributed by atoms with Gasteiger partial charge >= 0.3 is 0 Å². The molecule has 2 heterocycles. The Bertz CT molecular complexity index is 1160. The summed E-state index contributed by atoms with van der Waals surface area (Å²) in [7, 11) is 2.95. The fourth-order valence-electron chi connectivity index (χ4n) is 3.24. The molecule has 0 fully saturated rings. The molecule has 2 amide bonds. The van der Waals surface area contributed by atoms with Crippen molar-refractivity contribution in [2.75, 3.05) is 19.1 Å². The van der Waals surface area contributed by atoms with Gasteiger partial charge < -0.3 is 13.9 Å². The molecule has 0 aliphatic carbocycles. The fourth-order valence-corrected chi connectivity index (χ4v) is 4.26. The lowest BCUT2D eigenvalue weighted by Gasteiger charge is -2.19. The number of imide groups is 1. The Morgan fingerprint density at radius 3 is 2.42 bits per heavy atom. The highest BCUT2D eigenvalue weighted by atomic mass is 32.2. The van der Waals surface area contributed by atoms with Gasteiger partial charge in [0, 0.05) is 6.07 Å². The smallest absolute Gasteiger partial charge is 0.272 e. The van der Waals surface area contributed by atoms with Crippen LogP contribution in [0.5, 0.6) is 11.5 Å². The second-order valence-corrected chi connectivity index (χ2v) is 7.55. The van der Waals surface area contributed by atoms with Crippen LogP contribution in [0.1, 0.15) is 11.3 Å². The lowest BCUT2D eigenvalue weighted by atomic mass is 10.1. The summed E-state index contributed by atoms with van der Waals surface area (Å²) in [5, 5.41) is 0. The number of hydrogen-bond donors (Lipinski definition) is 0. The number of hydrogen-bond acceptors (Lipinski definition) is 6. The zero-order valence-electron chi connectivity index (χ0n) is 16.8. The average Bonchev–Trinajstić information content (AvgIpc) is 3.38. The first-order chi connectivity index (χ1) is 15.0. The van der Waals surface area contributed by atoms with E-state index in [2.05, 4.69) is 0 Å². The van der Waals surface area contributed by atoms with Crippen LogP contribution in [0, 0.1) is 5.82 Å². The maximum atomic E-state index is 13.5. The van der Waals surface area contributed by atoms with Crippen molar-refractivity contribution in [3.8, 4) is 11.5 Å². The number of thioether (sulfide) groups is 1. The van der Waals surface area contributed by atoms with E-state index in [1.165, 1.54) is 50.2 Å². The van der Waals surface area contributed by atoms with Gasteiger partial charge in [-0.15, -0.1) is 11.8 Å². The molecule has 0 bridgehead atoms. The van der Waals surface area contributed by atoms with Gasteiger partial charge in [-0.1, -0.05) is 12.1 Å². The zero-order valence-corrected chi connectivity index (χ0v) is 17.6. The van der Waals surface area contributed by atoms with Crippen LogP contribution >= 0.6 is 11.8 Å². The standard InChI is InChI=1S/C23H18FNO5S/c1-28-16-9-10-19(29-2)18(12-16)25-22(26)20(14-5-7-15(24)8-6-14)21(23(25)27)31-13-17-4-3-11-30-17/h3-12H,13H2,1-2H3. The lowest BCUT2D eigenvalue weighted by Crippen LogP contribution is -2.31. The van der Waals surface area contributed by atoms with Crippen molar-refractivity contribution in [2.45, 2.75) is 5.75 Å². The highest BCUT2D eigenvalue weighted by molar-refractivity contribution is 8.03. The van der Waals surface area contributed by atoms with E-state index in [-0.39, 0.29) is 16.2 Å². The molecule has 31 heavy (non-hydrogen) atoms. The van der Waals surface area contributed by atoms with Gasteiger partial charge in [-0.3, -0.25) is 9.59 Å². The quantitative estimate of drug-likeness (QED) is 0.499. The van der Waals surface area contributed by atoms with Gasteiger partial charge in [0.15, 0.2) is 0 Å². The van der Waals surface area contributed by atoms with Crippen LogP contribution in [0.4, 0.5) is 10.1 Å². The van der Waals surface area contributed by atoms with E-state index in [1.54, 1.807) is 36.6 Å². The summed E-state index contributed by atoms with van der Waals surface area (Å²) in [6.07, 6.45) is 1.54. The second kappa shape index (κ2) is 8.69. The summed E-state index contributed by atoms with van der Waals surface area (Å²) in [6, 6.07) is 13.9. The van der Waals surface area contributed by atoms with Gasteiger partial charge in [0.2, 0.25) is 0 Å². The summed E-state index contributed by atoms with van der Waals surface area (Å²) in [5.74, 6) is 0.382. The SMILES string of the molecule is COc1ccc(OC)c(N2C(=O)C(SCc3ccco3)=C(c3ccc(F)cc3)C2=O)c1. The number of carbonyl (C=O) groups is 2. The van der Waals surface area contributed by atoms with Crippen LogP contribution in [0.25, 0.3) is 5.57 Å². The molecule has 1 aliphatic rings. The molecule has 2 aromatic carbocycles. The van der Waals surface area contributed by atoms with E-state index in [0.29, 0.717) is 28.6 Å². The van der Waals surface area contributed by atoms with Gasteiger partial charge in [0.05, 0.1) is 42.4 Å². The third-order valence-corrected chi connectivity index (χ3v) is 5.84. The number of carbonyl (C=O) groups excluding carboxylic acids is 2. The van der Waals surface area contributed by atoms with Crippen LogP contribution in [0.3, 0.4) is 0 Å². The molecular weight excluding hydrogens is 421 g/mol. The number of furan rings is 1. The van der Waals surface area contributed by atoms with Crippen LogP contribution in [-0.2, 0) is 15.3 Å². The first-order valence-electron chi connectivity index (χ1n) is 9.29. The first-order valence-corrected chi connectivity index (χ1v) is 10.3. The summed E-state index contributed by atoms with van der Waals surface area (Å²) in [6.45, 7) is 0. The number of anilines is 1. The molecule has 158 valence electrons. The zero-order chi connectivity index (χ0) is 22.0. The molecule has 4 rings (SSSR count). The van der Waals surface area contributed by atoms with E-state index in [4.69, 9.17) is 13.9 Å². The molecule has 1 aliphatic heterocycles. The third kappa shape index (κ3) is 3.94. The summed E-state index contributed by atoms with van der Waals surface area (Å²) >= 11 is 1.19.